The SMILES string of the molecule is c1ccc(-c2nc(CN3CC(c4nc(-c5ccco5)no4)C3)cs2)cc1. The third kappa shape index (κ3) is 2.95. The van der Waals surface area contributed by atoms with Crippen LogP contribution >= 0.6 is 11.3 Å². The quantitative estimate of drug-likeness (QED) is 0.532. The van der Waals surface area contributed by atoms with Crippen molar-refractivity contribution in [3.63, 3.8) is 0 Å². The number of nitrogens with zero attached hydrogens (tertiary/aromatic N) is 4. The van der Waals surface area contributed by atoms with Gasteiger partial charge in [0.2, 0.25) is 11.7 Å². The summed E-state index contributed by atoms with van der Waals surface area (Å²) in [7, 11) is 0. The fourth-order valence-corrected chi connectivity index (χ4v) is 3.90. The largest absolute Gasteiger partial charge is 0.461 e. The van der Waals surface area contributed by atoms with Gasteiger partial charge in [0.05, 0.1) is 17.9 Å². The lowest BCUT2D eigenvalue weighted by Crippen LogP contribution is -2.44. The molecule has 1 fully saturated rings. The molecule has 1 aliphatic heterocycles. The summed E-state index contributed by atoms with van der Waals surface area (Å²) in [6.45, 7) is 2.65. The van der Waals surface area contributed by atoms with Gasteiger partial charge >= 0.3 is 0 Å². The highest BCUT2D eigenvalue weighted by Gasteiger charge is 2.33. The van der Waals surface area contributed by atoms with Crippen LogP contribution in [0.2, 0.25) is 0 Å². The molecule has 6 nitrogen and oxygen atoms in total. The Labute approximate surface area is 154 Å². The Morgan fingerprint density at radius 3 is 2.77 bits per heavy atom. The molecule has 4 aromatic rings. The maximum Gasteiger partial charge on any atom is 0.238 e. The molecule has 3 aromatic heterocycles. The maximum atomic E-state index is 5.39. The molecule has 26 heavy (non-hydrogen) atoms. The van der Waals surface area contributed by atoms with Crippen LogP contribution in [0.15, 0.2) is 63.0 Å². The van der Waals surface area contributed by atoms with Crippen molar-refractivity contribution < 1.29 is 8.94 Å². The molecule has 0 unspecified atom stereocenters. The molecule has 1 aliphatic rings. The summed E-state index contributed by atoms with van der Waals surface area (Å²) in [6.07, 6.45) is 1.61. The number of furan rings is 1. The van der Waals surface area contributed by atoms with E-state index in [4.69, 9.17) is 13.9 Å². The second kappa shape index (κ2) is 6.51. The van der Waals surface area contributed by atoms with Gasteiger partial charge in [-0.1, -0.05) is 35.5 Å². The normalized spacial score (nSPS) is 15.2. The Hall–Kier alpha value is -2.77. The zero-order valence-electron chi connectivity index (χ0n) is 13.9. The van der Waals surface area contributed by atoms with E-state index in [0.29, 0.717) is 17.5 Å². The lowest BCUT2D eigenvalue weighted by molar-refractivity contribution is 0.116. The van der Waals surface area contributed by atoms with E-state index in [0.717, 1.165) is 30.3 Å². The first-order valence-corrected chi connectivity index (χ1v) is 9.33. The smallest absolute Gasteiger partial charge is 0.238 e. The minimum Gasteiger partial charge on any atom is -0.461 e. The van der Waals surface area contributed by atoms with Crippen LogP contribution in [0.25, 0.3) is 22.2 Å². The summed E-state index contributed by atoms with van der Waals surface area (Å²) in [5.74, 6) is 2.09. The number of hydrogen-bond donors (Lipinski definition) is 0. The van der Waals surface area contributed by atoms with Gasteiger partial charge in [-0.05, 0) is 12.1 Å². The van der Waals surface area contributed by atoms with E-state index in [2.05, 4.69) is 32.6 Å². The second-order valence-corrected chi connectivity index (χ2v) is 7.19. The van der Waals surface area contributed by atoms with Gasteiger partial charge < -0.3 is 8.94 Å². The molecular formula is C19H16N4O2S. The molecule has 7 heteroatoms. The van der Waals surface area contributed by atoms with E-state index < -0.39 is 0 Å². The average molecular weight is 364 g/mol. The van der Waals surface area contributed by atoms with Crippen LogP contribution in [0, 0.1) is 0 Å². The third-order valence-corrected chi connectivity index (χ3v) is 5.39. The summed E-state index contributed by atoms with van der Waals surface area (Å²) < 4.78 is 10.7. The van der Waals surface area contributed by atoms with Crippen LogP contribution in [-0.2, 0) is 6.54 Å². The predicted octanol–water partition coefficient (Wildman–Crippen LogP) is 4.05. The van der Waals surface area contributed by atoms with E-state index in [1.54, 1.807) is 17.6 Å². The predicted molar refractivity (Wildman–Crippen MR) is 97.6 cm³/mol. The summed E-state index contributed by atoms with van der Waals surface area (Å²) in [5.41, 5.74) is 2.27. The number of hydrogen-bond acceptors (Lipinski definition) is 7. The lowest BCUT2D eigenvalue weighted by Gasteiger charge is -2.36. The van der Waals surface area contributed by atoms with Crippen LogP contribution in [0.3, 0.4) is 0 Å². The third-order valence-electron chi connectivity index (χ3n) is 4.45. The fourth-order valence-electron chi connectivity index (χ4n) is 3.08. The minimum atomic E-state index is 0.276. The van der Waals surface area contributed by atoms with Crippen LogP contribution in [0.1, 0.15) is 17.5 Å². The molecule has 0 amide bonds. The molecule has 1 saturated heterocycles. The van der Waals surface area contributed by atoms with Crippen molar-refractivity contribution in [2.75, 3.05) is 13.1 Å². The molecule has 0 atom stereocenters. The van der Waals surface area contributed by atoms with Crippen LogP contribution < -0.4 is 0 Å². The maximum absolute atomic E-state index is 5.39. The van der Waals surface area contributed by atoms with Gasteiger partial charge in [-0.15, -0.1) is 11.3 Å². The Bertz CT molecular complexity index is 988. The monoisotopic (exact) mass is 364 g/mol. The molecule has 1 aromatic carbocycles. The molecule has 4 heterocycles. The Morgan fingerprint density at radius 1 is 1.08 bits per heavy atom. The van der Waals surface area contributed by atoms with E-state index in [1.165, 1.54) is 5.56 Å². The first-order chi connectivity index (χ1) is 12.8. The van der Waals surface area contributed by atoms with Crippen LogP contribution in [0.4, 0.5) is 0 Å². The Kier molecular flexibility index (Phi) is 3.88. The first kappa shape index (κ1) is 15.5. The van der Waals surface area contributed by atoms with Crippen LogP contribution in [-0.4, -0.2) is 33.1 Å². The molecule has 5 rings (SSSR count). The van der Waals surface area contributed by atoms with Crippen molar-refractivity contribution in [2.24, 2.45) is 0 Å². The lowest BCUT2D eigenvalue weighted by atomic mass is 10.00. The van der Waals surface area contributed by atoms with Gasteiger partial charge in [0.25, 0.3) is 0 Å². The minimum absolute atomic E-state index is 0.276. The van der Waals surface area contributed by atoms with Gasteiger partial charge in [0, 0.05) is 30.6 Å². The molecule has 0 radical (unpaired) electrons. The van der Waals surface area contributed by atoms with E-state index in [1.807, 2.05) is 30.3 Å². The first-order valence-electron chi connectivity index (χ1n) is 8.45. The van der Waals surface area contributed by atoms with Crippen LogP contribution in [0.5, 0.6) is 0 Å². The average Bonchev–Trinajstić information content (AvgIpc) is 3.39. The fraction of sp³-hybridized carbons (Fsp3) is 0.211. The van der Waals surface area contributed by atoms with E-state index in [-0.39, 0.29) is 5.92 Å². The van der Waals surface area contributed by atoms with Gasteiger partial charge in [0.15, 0.2) is 5.76 Å². The van der Waals surface area contributed by atoms with Gasteiger partial charge in [-0.25, -0.2) is 4.98 Å². The molecule has 0 saturated carbocycles. The molecule has 0 aliphatic carbocycles. The molecule has 130 valence electrons. The highest BCUT2D eigenvalue weighted by Crippen LogP contribution is 2.30. The highest BCUT2D eigenvalue weighted by molar-refractivity contribution is 7.13. The van der Waals surface area contributed by atoms with Crippen molar-refractivity contribution in [1.29, 1.82) is 0 Å². The van der Waals surface area contributed by atoms with E-state index in [9.17, 15) is 0 Å². The summed E-state index contributed by atoms with van der Waals surface area (Å²) in [6, 6.07) is 13.9. The van der Waals surface area contributed by atoms with Gasteiger partial charge in [-0.2, -0.15) is 4.98 Å². The number of likely N-dealkylation sites (tertiary alicyclic amines) is 1. The summed E-state index contributed by atoms with van der Waals surface area (Å²) in [5, 5.41) is 7.20. The molecular weight excluding hydrogens is 348 g/mol. The Balaban J connectivity index is 1.20. The zero-order chi connectivity index (χ0) is 17.3. The van der Waals surface area contributed by atoms with Crippen molar-refractivity contribution in [3.05, 3.63) is 65.7 Å². The molecule has 0 N–H and O–H groups in total. The van der Waals surface area contributed by atoms with Crippen molar-refractivity contribution in [3.8, 4) is 22.2 Å². The molecule has 0 spiro atoms. The highest BCUT2D eigenvalue weighted by atomic mass is 32.1. The zero-order valence-corrected chi connectivity index (χ0v) is 14.7. The second-order valence-electron chi connectivity index (χ2n) is 6.33. The van der Waals surface area contributed by atoms with Gasteiger partial charge in [0.1, 0.15) is 5.01 Å². The number of thiazole rings is 1. The number of benzene rings is 1. The Morgan fingerprint density at radius 2 is 1.96 bits per heavy atom. The number of rotatable bonds is 5. The summed E-state index contributed by atoms with van der Waals surface area (Å²) >= 11 is 1.69. The number of aromatic nitrogens is 3. The van der Waals surface area contributed by atoms with Crippen molar-refractivity contribution in [2.45, 2.75) is 12.5 Å². The van der Waals surface area contributed by atoms with Crippen molar-refractivity contribution in [1.82, 2.24) is 20.0 Å². The topological polar surface area (TPSA) is 68.2 Å². The molecule has 0 bridgehead atoms. The summed E-state index contributed by atoms with van der Waals surface area (Å²) in [4.78, 5) is 11.5. The van der Waals surface area contributed by atoms with E-state index >= 15 is 0 Å². The van der Waals surface area contributed by atoms with Crippen molar-refractivity contribution >= 4 is 11.3 Å². The standard InChI is InChI=1S/C19H16N4O2S/c1-2-5-13(6-3-1)19-20-15(12-26-19)11-23-9-14(10-23)18-21-17(22-25-18)16-7-4-8-24-16/h1-8,12,14H,9-11H2. The van der Waals surface area contributed by atoms with Gasteiger partial charge in [-0.3, -0.25) is 4.90 Å².